The highest BCUT2D eigenvalue weighted by Gasteiger charge is 2.16. The van der Waals surface area contributed by atoms with Crippen LogP contribution in [0.15, 0.2) is 18.2 Å². The molecule has 88 valence electrons. The Morgan fingerprint density at radius 3 is 2.88 bits per heavy atom. The molecule has 0 aliphatic carbocycles. The third kappa shape index (κ3) is 2.60. The quantitative estimate of drug-likeness (QED) is 0.784. The van der Waals surface area contributed by atoms with Crippen LogP contribution in [-0.2, 0) is 0 Å². The molecule has 0 bridgehead atoms. The first-order chi connectivity index (χ1) is 7.77. The molecular weight excluding hydrogens is 204 g/mol. The van der Waals surface area contributed by atoms with E-state index in [2.05, 4.69) is 13.8 Å². The normalized spacial score (nSPS) is 13.9. The van der Waals surface area contributed by atoms with Crippen LogP contribution in [0, 0.1) is 5.92 Å². The molecule has 16 heavy (non-hydrogen) atoms. The topological polar surface area (TPSA) is 27.7 Å². The molecule has 0 spiro atoms. The first kappa shape index (κ1) is 11.1. The van der Waals surface area contributed by atoms with E-state index in [9.17, 15) is 0 Å². The van der Waals surface area contributed by atoms with Crippen LogP contribution in [0.3, 0.4) is 0 Å². The Kier molecular flexibility index (Phi) is 3.54. The molecule has 1 aromatic carbocycles. The van der Waals surface area contributed by atoms with E-state index in [4.69, 9.17) is 14.2 Å². The van der Waals surface area contributed by atoms with E-state index in [1.54, 1.807) is 0 Å². The van der Waals surface area contributed by atoms with Crippen molar-refractivity contribution in [3.63, 3.8) is 0 Å². The van der Waals surface area contributed by atoms with E-state index in [1.165, 1.54) is 0 Å². The van der Waals surface area contributed by atoms with Gasteiger partial charge in [-0.2, -0.15) is 0 Å². The van der Waals surface area contributed by atoms with Crippen LogP contribution < -0.4 is 14.2 Å². The molecule has 3 heteroatoms. The number of ether oxygens (including phenoxy) is 3. The molecule has 0 amide bonds. The Hall–Kier alpha value is -1.38. The molecule has 0 saturated heterocycles. The first-order valence-corrected chi connectivity index (χ1v) is 5.79. The summed E-state index contributed by atoms with van der Waals surface area (Å²) in [6.07, 6.45) is 1.05. The van der Waals surface area contributed by atoms with Crippen LogP contribution in [0.5, 0.6) is 17.2 Å². The molecule has 3 nitrogen and oxygen atoms in total. The maximum atomic E-state index is 5.71. The molecule has 0 N–H and O–H groups in total. The second kappa shape index (κ2) is 5.10. The average Bonchev–Trinajstić information content (AvgIpc) is 2.29. The molecule has 1 heterocycles. The summed E-state index contributed by atoms with van der Waals surface area (Å²) in [6, 6.07) is 5.76. The van der Waals surface area contributed by atoms with Crippen LogP contribution in [0.1, 0.15) is 20.3 Å². The summed E-state index contributed by atoms with van der Waals surface area (Å²) in [5.74, 6) is 2.97. The van der Waals surface area contributed by atoms with Crippen molar-refractivity contribution < 1.29 is 14.2 Å². The van der Waals surface area contributed by atoms with E-state index >= 15 is 0 Å². The molecule has 1 aliphatic heterocycles. The highest BCUT2D eigenvalue weighted by atomic mass is 16.6. The fourth-order valence-electron chi connectivity index (χ4n) is 1.57. The van der Waals surface area contributed by atoms with Crippen LogP contribution >= 0.6 is 0 Å². The predicted molar refractivity (Wildman–Crippen MR) is 62.4 cm³/mol. The van der Waals surface area contributed by atoms with Crippen molar-refractivity contribution in [3.05, 3.63) is 18.2 Å². The summed E-state index contributed by atoms with van der Waals surface area (Å²) in [7, 11) is 0. The van der Waals surface area contributed by atoms with Crippen LogP contribution in [0.25, 0.3) is 0 Å². The van der Waals surface area contributed by atoms with E-state index in [0.717, 1.165) is 30.3 Å². The minimum absolute atomic E-state index is 0.595. The summed E-state index contributed by atoms with van der Waals surface area (Å²) < 4.78 is 16.8. The van der Waals surface area contributed by atoms with Crippen molar-refractivity contribution in [2.24, 2.45) is 5.92 Å². The van der Waals surface area contributed by atoms with Crippen molar-refractivity contribution in [1.82, 2.24) is 0 Å². The van der Waals surface area contributed by atoms with E-state index < -0.39 is 0 Å². The van der Waals surface area contributed by atoms with Gasteiger partial charge < -0.3 is 14.2 Å². The number of benzene rings is 1. The average molecular weight is 222 g/mol. The monoisotopic (exact) mass is 222 g/mol. The van der Waals surface area contributed by atoms with E-state index in [1.807, 2.05) is 18.2 Å². The van der Waals surface area contributed by atoms with Gasteiger partial charge in [0.15, 0.2) is 11.5 Å². The highest BCUT2D eigenvalue weighted by Crippen LogP contribution is 2.38. The van der Waals surface area contributed by atoms with Gasteiger partial charge >= 0.3 is 0 Å². The standard InChI is InChI=1S/C13H18O3/c1-10(2)6-7-14-11-4-3-5-12-13(11)16-9-8-15-12/h3-5,10H,6-9H2,1-2H3. The SMILES string of the molecule is CC(C)CCOc1cccc2c1OCCO2. The van der Waals surface area contributed by atoms with Crippen molar-refractivity contribution in [2.75, 3.05) is 19.8 Å². The zero-order valence-electron chi connectivity index (χ0n) is 9.86. The fraction of sp³-hybridized carbons (Fsp3) is 0.538. The van der Waals surface area contributed by atoms with Gasteiger partial charge in [-0.05, 0) is 24.5 Å². The van der Waals surface area contributed by atoms with Crippen LogP contribution in [-0.4, -0.2) is 19.8 Å². The van der Waals surface area contributed by atoms with Gasteiger partial charge in [0.2, 0.25) is 5.75 Å². The third-order valence-electron chi connectivity index (χ3n) is 2.48. The summed E-state index contributed by atoms with van der Waals surface area (Å²) in [5.41, 5.74) is 0. The molecule has 0 aromatic heterocycles. The Morgan fingerprint density at radius 2 is 2.06 bits per heavy atom. The molecule has 1 aromatic rings. The molecule has 0 radical (unpaired) electrons. The lowest BCUT2D eigenvalue weighted by molar-refractivity contribution is 0.161. The predicted octanol–water partition coefficient (Wildman–Crippen LogP) is 2.88. The zero-order valence-corrected chi connectivity index (χ0v) is 9.86. The Labute approximate surface area is 96.3 Å². The van der Waals surface area contributed by atoms with Gasteiger partial charge in [0, 0.05) is 0 Å². The number of hydrogen-bond donors (Lipinski definition) is 0. The number of fused-ring (bicyclic) bond motifs is 1. The van der Waals surface area contributed by atoms with Gasteiger partial charge in [0.25, 0.3) is 0 Å². The summed E-state index contributed by atoms with van der Waals surface area (Å²) in [6.45, 7) is 6.30. The minimum atomic E-state index is 0.595. The first-order valence-electron chi connectivity index (χ1n) is 5.79. The third-order valence-corrected chi connectivity index (χ3v) is 2.48. The van der Waals surface area contributed by atoms with Gasteiger partial charge in [0.05, 0.1) is 6.61 Å². The van der Waals surface area contributed by atoms with Gasteiger partial charge in [-0.15, -0.1) is 0 Å². The molecule has 0 saturated carbocycles. The van der Waals surface area contributed by atoms with Gasteiger partial charge in [-0.25, -0.2) is 0 Å². The van der Waals surface area contributed by atoms with Crippen molar-refractivity contribution >= 4 is 0 Å². The van der Waals surface area contributed by atoms with Crippen LogP contribution in [0.4, 0.5) is 0 Å². The number of hydrogen-bond acceptors (Lipinski definition) is 3. The summed E-state index contributed by atoms with van der Waals surface area (Å²) >= 11 is 0. The van der Waals surface area contributed by atoms with Gasteiger partial charge in [0.1, 0.15) is 13.2 Å². The largest absolute Gasteiger partial charge is 0.490 e. The van der Waals surface area contributed by atoms with Crippen molar-refractivity contribution in [1.29, 1.82) is 0 Å². The smallest absolute Gasteiger partial charge is 0.203 e. The molecule has 0 unspecified atom stereocenters. The number of rotatable bonds is 4. The maximum absolute atomic E-state index is 5.71. The van der Waals surface area contributed by atoms with Crippen molar-refractivity contribution in [3.8, 4) is 17.2 Å². The summed E-state index contributed by atoms with van der Waals surface area (Å²) in [5, 5.41) is 0. The van der Waals surface area contributed by atoms with Gasteiger partial charge in [-0.3, -0.25) is 0 Å². The molecular formula is C13H18O3. The second-order valence-electron chi connectivity index (χ2n) is 4.31. The van der Waals surface area contributed by atoms with Crippen LogP contribution in [0.2, 0.25) is 0 Å². The molecule has 0 atom stereocenters. The van der Waals surface area contributed by atoms with Gasteiger partial charge in [-0.1, -0.05) is 19.9 Å². The number of para-hydroxylation sites is 1. The Morgan fingerprint density at radius 1 is 1.25 bits per heavy atom. The molecule has 0 fully saturated rings. The molecule has 1 aliphatic rings. The fourth-order valence-corrected chi connectivity index (χ4v) is 1.57. The Bertz CT molecular complexity index is 347. The van der Waals surface area contributed by atoms with Crippen molar-refractivity contribution in [2.45, 2.75) is 20.3 Å². The highest BCUT2D eigenvalue weighted by molar-refractivity contribution is 5.51. The van der Waals surface area contributed by atoms with E-state index in [0.29, 0.717) is 19.1 Å². The Balaban J connectivity index is 2.03. The lowest BCUT2D eigenvalue weighted by Gasteiger charge is -2.21. The lowest BCUT2D eigenvalue weighted by Crippen LogP contribution is -2.16. The summed E-state index contributed by atoms with van der Waals surface area (Å²) in [4.78, 5) is 0. The maximum Gasteiger partial charge on any atom is 0.203 e. The second-order valence-corrected chi connectivity index (χ2v) is 4.31. The molecule has 2 rings (SSSR count). The van der Waals surface area contributed by atoms with E-state index in [-0.39, 0.29) is 0 Å². The minimum Gasteiger partial charge on any atom is -0.490 e. The lowest BCUT2D eigenvalue weighted by atomic mass is 10.1. The zero-order chi connectivity index (χ0) is 11.4.